The van der Waals surface area contributed by atoms with Gasteiger partial charge in [-0.05, 0) is 37.4 Å². The monoisotopic (exact) mass is 355 g/mol. The van der Waals surface area contributed by atoms with Gasteiger partial charge in [-0.25, -0.2) is 0 Å². The number of ether oxygens (including phenoxy) is 1. The van der Waals surface area contributed by atoms with E-state index in [4.69, 9.17) is 10.5 Å². The summed E-state index contributed by atoms with van der Waals surface area (Å²) in [6, 6.07) is 2.15. The maximum atomic E-state index is 11.1. The summed E-state index contributed by atoms with van der Waals surface area (Å²) in [6.45, 7) is 4.51. The van der Waals surface area contributed by atoms with E-state index in [9.17, 15) is 4.55 Å². The summed E-state index contributed by atoms with van der Waals surface area (Å²) >= 11 is 0.168. The zero-order valence-corrected chi connectivity index (χ0v) is 14.5. The molecule has 1 aliphatic heterocycles. The van der Waals surface area contributed by atoms with Crippen molar-refractivity contribution in [1.29, 1.82) is 0 Å². The highest BCUT2D eigenvalue weighted by molar-refractivity contribution is 7.14. The van der Waals surface area contributed by atoms with Crippen molar-refractivity contribution in [3.63, 3.8) is 0 Å². The molecule has 1 aliphatic rings. The Kier molecular flexibility index (Phi) is 5.65. The van der Waals surface area contributed by atoms with Gasteiger partial charge in [-0.3, -0.25) is 9.89 Å². The third-order valence-corrected chi connectivity index (χ3v) is 5.31. The van der Waals surface area contributed by atoms with E-state index in [1.165, 1.54) is 31.5 Å². The summed E-state index contributed by atoms with van der Waals surface area (Å²) < 4.78 is 23.3. The number of aromatic nitrogens is 2. The van der Waals surface area contributed by atoms with Gasteiger partial charge >= 0.3 is 0 Å². The van der Waals surface area contributed by atoms with Crippen molar-refractivity contribution < 1.29 is 9.29 Å². The molecule has 9 heteroatoms. The lowest BCUT2D eigenvalue weighted by Crippen LogP contribution is -2.18. The van der Waals surface area contributed by atoms with Crippen molar-refractivity contribution in [1.82, 2.24) is 13.6 Å². The van der Waals surface area contributed by atoms with Gasteiger partial charge in [-0.2, -0.15) is 0 Å². The van der Waals surface area contributed by atoms with Crippen molar-refractivity contribution in [3.05, 3.63) is 22.5 Å². The highest BCUT2D eigenvalue weighted by Gasteiger charge is 2.15. The number of nitrogens with two attached hydrogens (primary N) is 1. The van der Waals surface area contributed by atoms with Crippen LogP contribution >= 0.6 is 22.5 Å². The number of nitrogens with zero attached hydrogens (tertiary/aromatic N) is 3. The minimum atomic E-state index is -1.47. The van der Waals surface area contributed by atoms with Crippen molar-refractivity contribution in [2.24, 2.45) is 4.99 Å². The van der Waals surface area contributed by atoms with Crippen LogP contribution < -0.4 is 16.0 Å². The number of H-pyrrole nitrogens is 1. The largest absolute Gasteiger partial charge is 0.548 e. The predicted octanol–water partition coefficient (Wildman–Crippen LogP) is 1.75. The van der Waals surface area contributed by atoms with Crippen LogP contribution in [0.1, 0.15) is 24.8 Å². The van der Waals surface area contributed by atoms with E-state index in [-0.39, 0.29) is 5.82 Å². The van der Waals surface area contributed by atoms with E-state index in [0.717, 1.165) is 18.0 Å². The van der Waals surface area contributed by atoms with E-state index in [1.54, 1.807) is 11.3 Å². The van der Waals surface area contributed by atoms with E-state index in [0.29, 0.717) is 18.6 Å². The average Bonchev–Trinajstić information content (AvgIpc) is 3.23. The normalized spacial score (nSPS) is 17.1. The first-order valence-corrected chi connectivity index (χ1v) is 9.70. The molecule has 0 aromatic carbocycles. The molecule has 7 nitrogen and oxygen atoms in total. The number of thiophene rings is 1. The quantitative estimate of drug-likeness (QED) is 0.582. The smallest absolute Gasteiger partial charge is 0.229 e. The number of aromatic amines is 1. The third-order valence-electron chi connectivity index (χ3n) is 3.71. The molecule has 0 radical (unpaired) electrons. The van der Waals surface area contributed by atoms with Crippen LogP contribution in [-0.4, -0.2) is 44.4 Å². The predicted molar refractivity (Wildman–Crippen MR) is 91.0 cm³/mol. The fraction of sp³-hybridized carbons (Fsp3) is 0.571. The molecule has 0 spiro atoms. The van der Waals surface area contributed by atoms with Crippen LogP contribution in [0.4, 0.5) is 5.82 Å². The Bertz CT molecular complexity index is 687. The maximum Gasteiger partial charge on any atom is 0.229 e. The van der Waals surface area contributed by atoms with Crippen LogP contribution in [-0.2, 0) is 6.54 Å². The summed E-state index contributed by atoms with van der Waals surface area (Å²) in [4.78, 5) is 6.72. The van der Waals surface area contributed by atoms with Gasteiger partial charge in [0.05, 0.1) is 6.61 Å². The highest BCUT2D eigenvalue weighted by Crippen LogP contribution is 2.28. The van der Waals surface area contributed by atoms with Gasteiger partial charge < -0.3 is 15.0 Å². The molecular weight excluding hydrogens is 334 g/mol. The number of hydrogen-bond acceptors (Lipinski definition) is 7. The van der Waals surface area contributed by atoms with Gasteiger partial charge in [0, 0.05) is 29.4 Å². The molecular formula is C14H21N5O2S2. The van der Waals surface area contributed by atoms with Crippen molar-refractivity contribution in [2.45, 2.75) is 25.8 Å². The Morgan fingerprint density at radius 1 is 1.48 bits per heavy atom. The maximum absolute atomic E-state index is 11.1. The van der Waals surface area contributed by atoms with Gasteiger partial charge in [0.25, 0.3) is 0 Å². The van der Waals surface area contributed by atoms with Crippen LogP contribution in [0.15, 0.2) is 16.4 Å². The lowest BCUT2D eigenvalue weighted by Gasteiger charge is -2.14. The van der Waals surface area contributed by atoms with Crippen LogP contribution in [0.5, 0.6) is 5.06 Å². The van der Waals surface area contributed by atoms with Crippen molar-refractivity contribution in [3.8, 4) is 5.06 Å². The fourth-order valence-corrected chi connectivity index (χ4v) is 4.01. The van der Waals surface area contributed by atoms with Crippen LogP contribution in [0.25, 0.3) is 0 Å². The molecule has 2 aromatic heterocycles. The number of hydrogen-bond donors (Lipinski definition) is 2. The van der Waals surface area contributed by atoms with E-state index in [2.05, 4.69) is 30.1 Å². The molecule has 3 N–H and O–H groups in total. The Labute approximate surface area is 141 Å². The number of rotatable bonds is 7. The highest BCUT2D eigenvalue weighted by atomic mass is 32.2. The third kappa shape index (κ3) is 4.54. The Balaban J connectivity index is 1.45. The number of nitrogen functional groups attached to an aromatic ring is 1. The van der Waals surface area contributed by atoms with Gasteiger partial charge in [0.15, 0.2) is 16.2 Å². The molecule has 23 heavy (non-hydrogen) atoms. The zero-order chi connectivity index (χ0) is 16.1. The molecule has 0 amide bonds. The van der Waals surface area contributed by atoms with Crippen molar-refractivity contribution in [2.75, 3.05) is 32.0 Å². The Morgan fingerprint density at radius 2 is 2.30 bits per heavy atom. The Morgan fingerprint density at radius 3 is 3.04 bits per heavy atom. The van der Waals surface area contributed by atoms with Crippen LogP contribution in [0.2, 0.25) is 0 Å². The fourth-order valence-electron chi connectivity index (χ4n) is 2.57. The summed E-state index contributed by atoms with van der Waals surface area (Å²) in [7, 11) is 0. The molecule has 2 aromatic rings. The number of anilines is 1. The first kappa shape index (κ1) is 16.4. The molecule has 3 heterocycles. The van der Waals surface area contributed by atoms with E-state index >= 15 is 0 Å². The molecule has 0 aliphatic carbocycles. The second-order valence-corrected chi connectivity index (χ2v) is 7.24. The minimum absolute atomic E-state index is 0.204. The van der Waals surface area contributed by atoms with E-state index < -0.39 is 11.1 Å². The number of likely N-dealkylation sites (tertiary alicyclic amines) is 1. The molecule has 1 atom stereocenters. The molecule has 1 unspecified atom stereocenters. The Hall–Kier alpha value is -1.42. The molecule has 1 fully saturated rings. The second-order valence-electron chi connectivity index (χ2n) is 5.48. The molecule has 3 rings (SSSR count). The lowest BCUT2D eigenvalue weighted by molar-refractivity contribution is 0.298. The van der Waals surface area contributed by atoms with Gasteiger partial charge in [0.2, 0.25) is 11.3 Å². The average molecular weight is 355 g/mol. The first-order valence-electron chi connectivity index (χ1n) is 7.71. The topological polar surface area (TPSA) is 103 Å². The van der Waals surface area contributed by atoms with Crippen LogP contribution in [0, 0.1) is 0 Å². The molecule has 126 valence electrons. The standard InChI is InChI=1S/C14H21N5O2S2/c15-12-13(18-23(20)17-12)16-5-3-8-21-14-11(4-9-22-14)10-19-6-1-2-7-19/h4,9H,1-3,5-8,10H2,(H2,15,17)(H,16,18). The van der Waals surface area contributed by atoms with Gasteiger partial charge in [-0.1, -0.05) is 0 Å². The zero-order valence-electron chi connectivity index (χ0n) is 12.9. The number of nitrogens with one attached hydrogen (secondary N) is 1. The SMILES string of the molecule is Nc1n[s+]([O-])[nH]c1=NCCCOc1sccc1CN1CCCC1. The summed E-state index contributed by atoms with van der Waals surface area (Å²) in [5.41, 5.74) is 7.27. The minimum Gasteiger partial charge on any atom is -0.548 e. The van der Waals surface area contributed by atoms with Gasteiger partial charge in [0.1, 0.15) is 0 Å². The molecule has 0 saturated carbocycles. The van der Waals surface area contributed by atoms with Gasteiger partial charge in [-0.15, -0.1) is 15.7 Å². The van der Waals surface area contributed by atoms with Crippen molar-refractivity contribution >= 4 is 28.3 Å². The lowest BCUT2D eigenvalue weighted by atomic mass is 10.3. The molecule has 1 saturated heterocycles. The second kappa shape index (κ2) is 7.91. The first-order chi connectivity index (χ1) is 11.2. The van der Waals surface area contributed by atoms with E-state index in [1.807, 2.05) is 0 Å². The molecule has 0 bridgehead atoms. The summed E-state index contributed by atoms with van der Waals surface area (Å²) in [5.74, 6) is 0.204. The van der Waals surface area contributed by atoms with Crippen LogP contribution in [0.3, 0.4) is 0 Å². The summed E-state index contributed by atoms with van der Waals surface area (Å²) in [5, 5.41) is 3.08. The summed E-state index contributed by atoms with van der Waals surface area (Å²) in [6.07, 6.45) is 3.37.